The van der Waals surface area contributed by atoms with Crippen LogP contribution in [0.4, 0.5) is 0 Å². The molecule has 2 aliphatic heterocycles. The van der Waals surface area contributed by atoms with Gasteiger partial charge in [0.15, 0.2) is 6.04 Å². The van der Waals surface area contributed by atoms with Gasteiger partial charge in [-0.25, -0.2) is 9.59 Å². The number of thioether (sulfide) groups is 1. The second-order valence-corrected chi connectivity index (χ2v) is 10.0. The lowest BCUT2D eigenvalue weighted by Crippen LogP contribution is -2.46. The smallest absolute Gasteiger partial charge is 0.329 e. The second-order valence-electron chi connectivity index (χ2n) is 8.34. The molecule has 2 heterocycles. The number of amides is 1. The Morgan fingerprint density at radius 2 is 1.92 bits per heavy atom. The molecular weight excluding hydrogens is 498 g/mol. The maximum Gasteiger partial charge on any atom is 0.329 e. The predicted octanol–water partition coefficient (Wildman–Crippen LogP) is 3.73. The molecule has 0 aliphatic carbocycles. The molecular formula is C26H25N3O5S2. The van der Waals surface area contributed by atoms with Gasteiger partial charge in [0.2, 0.25) is 0 Å². The van der Waals surface area contributed by atoms with E-state index >= 15 is 0 Å². The third kappa shape index (κ3) is 5.50. The van der Waals surface area contributed by atoms with Gasteiger partial charge < -0.3 is 9.84 Å². The first-order valence-corrected chi connectivity index (χ1v) is 12.6. The standard InChI is InChI=1S/C26H25N3O5S2/c1-3-34-25(33)21(13-17-7-5-4-6-8-17)29-23(30)22(36-26(29)35)15-28-20(24(31)32)14-19(27-28)18-11-9-16(2)10-12-18/h4-12,15,20-21H,3,13-14H2,1-2H3,(H,31,32)/b22-15-/t20-,21+/m1/s1. The van der Waals surface area contributed by atoms with Crippen molar-refractivity contribution in [2.24, 2.45) is 5.10 Å². The molecule has 2 aromatic rings. The number of benzene rings is 2. The number of esters is 1. The van der Waals surface area contributed by atoms with Gasteiger partial charge >= 0.3 is 11.9 Å². The number of carbonyl (C=O) groups excluding carboxylic acids is 2. The largest absolute Gasteiger partial charge is 0.480 e. The third-order valence-electron chi connectivity index (χ3n) is 5.83. The molecule has 2 aromatic carbocycles. The molecule has 0 saturated carbocycles. The Morgan fingerprint density at radius 1 is 1.22 bits per heavy atom. The van der Waals surface area contributed by atoms with Crippen molar-refractivity contribution in [1.82, 2.24) is 9.91 Å². The number of ether oxygens (including phenoxy) is 1. The summed E-state index contributed by atoms with van der Waals surface area (Å²) in [7, 11) is 0. The second kappa shape index (κ2) is 11.0. The molecule has 2 atom stereocenters. The minimum atomic E-state index is -1.05. The highest BCUT2D eigenvalue weighted by atomic mass is 32.2. The minimum absolute atomic E-state index is 0.166. The average Bonchev–Trinajstić information content (AvgIpc) is 3.40. The van der Waals surface area contributed by atoms with Crippen LogP contribution in [0.2, 0.25) is 0 Å². The Labute approximate surface area is 218 Å². The molecule has 0 spiro atoms. The van der Waals surface area contributed by atoms with Crippen molar-refractivity contribution >= 4 is 51.9 Å². The van der Waals surface area contributed by atoms with Crippen LogP contribution in [0.15, 0.2) is 70.8 Å². The van der Waals surface area contributed by atoms with E-state index in [4.69, 9.17) is 17.0 Å². The molecule has 0 aromatic heterocycles. The normalized spacial score (nSPS) is 19.6. The molecule has 0 radical (unpaired) electrons. The Morgan fingerprint density at radius 3 is 2.56 bits per heavy atom. The average molecular weight is 524 g/mol. The fraction of sp³-hybridized carbons (Fsp3) is 0.269. The van der Waals surface area contributed by atoms with E-state index in [0.29, 0.717) is 5.71 Å². The quantitative estimate of drug-likeness (QED) is 0.317. The van der Waals surface area contributed by atoms with Gasteiger partial charge in [0.05, 0.1) is 17.2 Å². The number of carboxylic acid groups (broad SMARTS) is 1. The lowest BCUT2D eigenvalue weighted by atomic mass is 10.0. The molecule has 4 rings (SSSR count). The van der Waals surface area contributed by atoms with Gasteiger partial charge in [-0.2, -0.15) is 5.10 Å². The van der Waals surface area contributed by atoms with E-state index in [9.17, 15) is 19.5 Å². The fourth-order valence-electron chi connectivity index (χ4n) is 3.98. The summed E-state index contributed by atoms with van der Waals surface area (Å²) in [6, 6.07) is 15.0. The zero-order chi connectivity index (χ0) is 25.8. The van der Waals surface area contributed by atoms with Crippen LogP contribution < -0.4 is 0 Å². The van der Waals surface area contributed by atoms with Crippen molar-refractivity contribution in [1.29, 1.82) is 0 Å². The van der Waals surface area contributed by atoms with Crippen molar-refractivity contribution in [3.05, 3.63) is 82.4 Å². The molecule has 1 fully saturated rings. The van der Waals surface area contributed by atoms with Crippen molar-refractivity contribution in [2.75, 3.05) is 6.61 Å². The lowest BCUT2D eigenvalue weighted by Gasteiger charge is -2.25. The molecule has 2 aliphatic rings. The molecule has 8 nitrogen and oxygen atoms in total. The van der Waals surface area contributed by atoms with Crippen molar-refractivity contribution in [3.8, 4) is 0 Å². The Hall–Kier alpha value is -3.50. The summed E-state index contributed by atoms with van der Waals surface area (Å²) >= 11 is 6.49. The van der Waals surface area contributed by atoms with E-state index in [1.54, 1.807) is 6.92 Å². The lowest BCUT2D eigenvalue weighted by molar-refractivity contribution is -0.150. The van der Waals surface area contributed by atoms with Gasteiger partial charge in [-0.15, -0.1) is 0 Å². The van der Waals surface area contributed by atoms with Crippen LogP contribution in [0.25, 0.3) is 0 Å². The number of carbonyl (C=O) groups is 3. The van der Waals surface area contributed by atoms with Crippen LogP contribution in [0, 0.1) is 6.92 Å². The van der Waals surface area contributed by atoms with Crippen LogP contribution in [0.3, 0.4) is 0 Å². The third-order valence-corrected chi connectivity index (χ3v) is 7.15. The summed E-state index contributed by atoms with van der Waals surface area (Å²) in [5.74, 6) is -2.09. The molecule has 1 N–H and O–H groups in total. The van der Waals surface area contributed by atoms with Crippen molar-refractivity contribution in [3.63, 3.8) is 0 Å². The van der Waals surface area contributed by atoms with E-state index in [2.05, 4.69) is 5.10 Å². The highest BCUT2D eigenvalue weighted by Gasteiger charge is 2.42. The van der Waals surface area contributed by atoms with E-state index in [-0.39, 0.29) is 28.7 Å². The number of hydrogen-bond donors (Lipinski definition) is 1. The molecule has 1 saturated heterocycles. The first-order chi connectivity index (χ1) is 17.3. The maximum absolute atomic E-state index is 13.4. The number of hydrogen-bond acceptors (Lipinski definition) is 8. The van der Waals surface area contributed by atoms with Gasteiger partial charge in [-0.1, -0.05) is 84.1 Å². The molecule has 10 heteroatoms. The van der Waals surface area contributed by atoms with E-state index < -0.39 is 29.9 Å². The fourth-order valence-corrected chi connectivity index (χ4v) is 5.30. The number of carboxylic acids is 1. The summed E-state index contributed by atoms with van der Waals surface area (Å²) in [5.41, 5.74) is 3.37. The zero-order valence-electron chi connectivity index (χ0n) is 19.8. The van der Waals surface area contributed by atoms with Crippen LogP contribution in [-0.4, -0.2) is 61.6 Å². The van der Waals surface area contributed by atoms with E-state index in [1.165, 1.54) is 16.1 Å². The van der Waals surface area contributed by atoms with E-state index in [1.807, 2.05) is 61.5 Å². The number of thiocarbonyl (C=S) groups is 1. The topological polar surface area (TPSA) is 99.5 Å². The van der Waals surface area contributed by atoms with E-state index in [0.717, 1.165) is 28.5 Å². The van der Waals surface area contributed by atoms with Gasteiger partial charge in [0, 0.05) is 19.0 Å². The predicted molar refractivity (Wildman–Crippen MR) is 141 cm³/mol. The summed E-state index contributed by atoms with van der Waals surface area (Å²) in [6.07, 6.45) is 1.83. The summed E-state index contributed by atoms with van der Waals surface area (Å²) < 4.78 is 5.45. The Balaban J connectivity index is 1.62. The van der Waals surface area contributed by atoms with Gasteiger partial charge in [0.25, 0.3) is 5.91 Å². The highest BCUT2D eigenvalue weighted by molar-refractivity contribution is 8.26. The number of aryl methyl sites for hydroxylation is 1. The van der Waals surface area contributed by atoms with Gasteiger partial charge in [0.1, 0.15) is 10.4 Å². The zero-order valence-corrected chi connectivity index (χ0v) is 21.4. The monoisotopic (exact) mass is 523 g/mol. The SMILES string of the molecule is CCOC(=O)[C@H](Cc1ccccc1)N1C(=O)/C(=C/N2N=C(c3ccc(C)cc3)C[C@@H]2C(=O)O)SC1=S. The van der Waals surface area contributed by atoms with Crippen molar-refractivity contribution in [2.45, 2.75) is 38.8 Å². The Bertz CT molecular complexity index is 1240. The molecule has 1 amide bonds. The highest BCUT2D eigenvalue weighted by Crippen LogP contribution is 2.35. The maximum atomic E-state index is 13.4. The van der Waals surface area contributed by atoms with Crippen LogP contribution >= 0.6 is 24.0 Å². The Kier molecular flexibility index (Phi) is 7.85. The van der Waals surface area contributed by atoms with Gasteiger partial charge in [-0.05, 0) is 25.0 Å². The van der Waals surface area contributed by atoms with Crippen LogP contribution in [0.1, 0.15) is 30.0 Å². The molecule has 186 valence electrons. The minimum Gasteiger partial charge on any atom is -0.480 e. The van der Waals surface area contributed by atoms with Crippen LogP contribution in [-0.2, 0) is 25.5 Å². The number of nitrogens with zero attached hydrogens (tertiary/aromatic N) is 3. The first kappa shape index (κ1) is 25.6. The van der Waals surface area contributed by atoms with Gasteiger partial charge in [-0.3, -0.25) is 14.7 Å². The first-order valence-electron chi connectivity index (χ1n) is 11.4. The summed E-state index contributed by atoms with van der Waals surface area (Å²) in [5, 5.41) is 15.6. The number of hydrazone groups is 1. The molecule has 36 heavy (non-hydrogen) atoms. The molecule has 0 unspecified atom stereocenters. The number of aliphatic carboxylic acids is 1. The van der Waals surface area contributed by atoms with Crippen molar-refractivity contribution < 1.29 is 24.2 Å². The molecule has 0 bridgehead atoms. The summed E-state index contributed by atoms with van der Waals surface area (Å²) in [4.78, 5) is 39.7. The summed E-state index contributed by atoms with van der Waals surface area (Å²) in [6.45, 7) is 3.83. The van der Waals surface area contributed by atoms with Crippen LogP contribution in [0.5, 0.6) is 0 Å². The number of rotatable bonds is 8.